The van der Waals surface area contributed by atoms with Gasteiger partial charge in [-0.25, -0.2) is 13.2 Å². The molecule has 0 bridgehead atoms. The first kappa shape index (κ1) is 32.6. The Labute approximate surface area is 267 Å². The summed E-state index contributed by atoms with van der Waals surface area (Å²) in [5.74, 6) is -1.60. The molecule has 2 saturated heterocycles. The Kier molecular flexibility index (Phi) is 10.0. The first-order valence-electron chi connectivity index (χ1n) is 15.0. The van der Waals surface area contributed by atoms with Gasteiger partial charge in [0.25, 0.3) is 5.91 Å². The van der Waals surface area contributed by atoms with Gasteiger partial charge in [-0.3, -0.25) is 14.4 Å². The standard InChI is InChI=1S/C33H36N4O8S/c1-45-26-11-13-27(14-12-26)46(43,44)36-19-17-35(18-20-36)32(40)25-9-7-23(8-10-25)21-28(33(41)42)34-31(39)29-15-16-30(38)37(29)22-24-5-3-2-4-6-24/h2-14,28-29H,15-22H2,1H3,(H,34,39)(H,41,42)/t28-,29-/m0/s1. The van der Waals surface area contributed by atoms with Crippen molar-refractivity contribution in [2.24, 2.45) is 0 Å². The monoisotopic (exact) mass is 648 g/mol. The Balaban J connectivity index is 1.16. The summed E-state index contributed by atoms with van der Waals surface area (Å²) in [4.78, 5) is 54.1. The van der Waals surface area contributed by atoms with Crippen LogP contribution in [-0.2, 0) is 37.4 Å². The SMILES string of the molecule is COc1ccc(S(=O)(=O)N2CCN(C(=O)c3ccc(C[C@H](NC(=O)[C@@H]4CCC(=O)N4Cc4ccccc4)C(=O)O)cc3)CC2)cc1. The first-order valence-corrected chi connectivity index (χ1v) is 16.4. The number of benzene rings is 3. The van der Waals surface area contributed by atoms with Crippen LogP contribution in [0.1, 0.15) is 34.3 Å². The fourth-order valence-electron chi connectivity index (χ4n) is 5.68. The van der Waals surface area contributed by atoms with Crippen molar-refractivity contribution in [3.63, 3.8) is 0 Å². The van der Waals surface area contributed by atoms with E-state index in [1.54, 1.807) is 41.3 Å². The quantitative estimate of drug-likeness (QED) is 0.321. The second kappa shape index (κ2) is 14.1. The lowest BCUT2D eigenvalue weighted by Gasteiger charge is -2.34. The molecule has 12 nitrogen and oxygen atoms in total. The second-order valence-corrected chi connectivity index (χ2v) is 13.2. The number of likely N-dealkylation sites (tertiary alicyclic amines) is 1. The number of ether oxygens (including phenoxy) is 1. The Morgan fingerprint density at radius 1 is 0.913 bits per heavy atom. The van der Waals surface area contributed by atoms with Crippen LogP contribution < -0.4 is 10.1 Å². The van der Waals surface area contributed by atoms with Crippen LogP contribution in [0.5, 0.6) is 5.75 Å². The normalized spacial score (nSPS) is 17.8. The van der Waals surface area contributed by atoms with Crippen LogP contribution in [-0.4, -0.2) is 96.7 Å². The molecule has 0 unspecified atom stereocenters. The maximum atomic E-state index is 13.2. The van der Waals surface area contributed by atoms with Crippen molar-refractivity contribution < 1.29 is 37.4 Å². The molecule has 46 heavy (non-hydrogen) atoms. The summed E-state index contributed by atoms with van der Waals surface area (Å²) in [7, 11) is -2.21. The fourth-order valence-corrected chi connectivity index (χ4v) is 7.10. The molecule has 2 N–H and O–H groups in total. The number of nitrogens with zero attached hydrogens (tertiary/aromatic N) is 3. The number of carbonyl (C=O) groups excluding carboxylic acids is 3. The number of piperazine rings is 1. The minimum absolute atomic E-state index is 0.0171. The molecular formula is C33H36N4O8S. The van der Waals surface area contributed by atoms with Gasteiger partial charge in [0, 0.05) is 51.1 Å². The summed E-state index contributed by atoms with van der Waals surface area (Å²) in [6.45, 7) is 0.988. The molecule has 242 valence electrons. The minimum Gasteiger partial charge on any atom is -0.497 e. The van der Waals surface area contributed by atoms with Crippen LogP contribution in [0.3, 0.4) is 0 Å². The fraction of sp³-hybridized carbons (Fsp3) is 0.333. The van der Waals surface area contributed by atoms with Crippen molar-refractivity contribution in [1.29, 1.82) is 0 Å². The van der Waals surface area contributed by atoms with Gasteiger partial charge in [-0.1, -0.05) is 42.5 Å². The molecule has 5 rings (SSSR count). The highest BCUT2D eigenvalue weighted by molar-refractivity contribution is 7.89. The summed E-state index contributed by atoms with van der Waals surface area (Å²) >= 11 is 0. The minimum atomic E-state index is -3.72. The van der Waals surface area contributed by atoms with E-state index in [2.05, 4.69) is 5.32 Å². The van der Waals surface area contributed by atoms with Crippen LogP contribution in [0.2, 0.25) is 0 Å². The van der Waals surface area contributed by atoms with E-state index in [1.165, 1.54) is 28.4 Å². The Morgan fingerprint density at radius 3 is 2.17 bits per heavy atom. The average Bonchev–Trinajstić information content (AvgIpc) is 3.44. The number of amides is 3. The lowest BCUT2D eigenvalue weighted by molar-refractivity contribution is -0.143. The van der Waals surface area contributed by atoms with Crippen molar-refractivity contribution in [3.05, 3.63) is 95.6 Å². The number of carboxylic acid groups (broad SMARTS) is 1. The van der Waals surface area contributed by atoms with Gasteiger partial charge in [0.1, 0.15) is 17.8 Å². The molecule has 0 aliphatic carbocycles. The van der Waals surface area contributed by atoms with Crippen molar-refractivity contribution in [2.75, 3.05) is 33.3 Å². The zero-order chi connectivity index (χ0) is 32.8. The maximum absolute atomic E-state index is 13.2. The van der Waals surface area contributed by atoms with Gasteiger partial charge in [0.15, 0.2) is 0 Å². The first-order chi connectivity index (χ1) is 22.1. The van der Waals surface area contributed by atoms with Crippen LogP contribution >= 0.6 is 0 Å². The molecule has 0 aromatic heterocycles. The van der Waals surface area contributed by atoms with E-state index in [4.69, 9.17) is 4.74 Å². The molecule has 2 aliphatic rings. The van der Waals surface area contributed by atoms with E-state index in [0.717, 1.165) is 5.56 Å². The molecule has 3 amide bonds. The zero-order valence-corrected chi connectivity index (χ0v) is 26.2. The predicted octanol–water partition coefficient (Wildman–Crippen LogP) is 2.15. The largest absolute Gasteiger partial charge is 0.497 e. The zero-order valence-electron chi connectivity index (χ0n) is 25.4. The Bertz CT molecular complexity index is 1670. The van der Waals surface area contributed by atoms with Gasteiger partial charge in [-0.05, 0) is 53.9 Å². The lowest BCUT2D eigenvalue weighted by Crippen LogP contribution is -2.50. The number of methoxy groups -OCH3 is 1. The van der Waals surface area contributed by atoms with E-state index < -0.39 is 34.0 Å². The van der Waals surface area contributed by atoms with Crippen LogP contribution in [0.4, 0.5) is 0 Å². The number of rotatable bonds is 11. The third kappa shape index (κ3) is 7.37. The van der Waals surface area contributed by atoms with Gasteiger partial charge in [0.05, 0.1) is 12.0 Å². The average molecular weight is 649 g/mol. The smallest absolute Gasteiger partial charge is 0.326 e. The molecule has 2 aliphatic heterocycles. The molecule has 2 atom stereocenters. The van der Waals surface area contributed by atoms with Gasteiger partial charge in [0.2, 0.25) is 21.8 Å². The van der Waals surface area contributed by atoms with E-state index >= 15 is 0 Å². The number of carboxylic acids is 1. The molecule has 3 aromatic rings. The number of sulfonamides is 1. The third-order valence-corrected chi connectivity index (χ3v) is 10.2. The summed E-state index contributed by atoms with van der Waals surface area (Å²) in [6.07, 6.45) is 0.505. The van der Waals surface area contributed by atoms with Crippen LogP contribution in [0.15, 0.2) is 83.8 Å². The lowest BCUT2D eigenvalue weighted by atomic mass is 10.0. The predicted molar refractivity (Wildman–Crippen MR) is 167 cm³/mol. The number of hydrogen-bond acceptors (Lipinski definition) is 7. The van der Waals surface area contributed by atoms with E-state index in [0.29, 0.717) is 23.3 Å². The van der Waals surface area contributed by atoms with Crippen molar-refractivity contribution in [2.45, 2.75) is 42.8 Å². The van der Waals surface area contributed by atoms with Gasteiger partial charge in [-0.15, -0.1) is 0 Å². The number of hydrogen-bond donors (Lipinski definition) is 2. The third-order valence-electron chi connectivity index (χ3n) is 8.30. The number of aliphatic carboxylic acids is 1. The summed E-state index contributed by atoms with van der Waals surface area (Å²) in [5.41, 5.74) is 1.86. The van der Waals surface area contributed by atoms with Crippen molar-refractivity contribution >= 4 is 33.7 Å². The molecular weight excluding hydrogens is 612 g/mol. The molecule has 3 aromatic carbocycles. The van der Waals surface area contributed by atoms with Crippen molar-refractivity contribution in [1.82, 2.24) is 19.4 Å². The number of carbonyl (C=O) groups is 4. The maximum Gasteiger partial charge on any atom is 0.326 e. The molecule has 2 fully saturated rings. The Morgan fingerprint density at radius 2 is 1.57 bits per heavy atom. The highest BCUT2D eigenvalue weighted by atomic mass is 32.2. The molecule has 0 spiro atoms. The van der Waals surface area contributed by atoms with Gasteiger partial charge in [-0.2, -0.15) is 4.31 Å². The van der Waals surface area contributed by atoms with E-state index in [9.17, 15) is 32.7 Å². The van der Waals surface area contributed by atoms with E-state index in [1.807, 2.05) is 30.3 Å². The van der Waals surface area contributed by atoms with Gasteiger partial charge < -0.3 is 25.0 Å². The highest BCUT2D eigenvalue weighted by Crippen LogP contribution is 2.23. The summed E-state index contributed by atoms with van der Waals surface area (Å²) in [6, 6.07) is 19.9. The molecule has 2 heterocycles. The summed E-state index contributed by atoms with van der Waals surface area (Å²) in [5, 5.41) is 12.5. The van der Waals surface area contributed by atoms with Gasteiger partial charge >= 0.3 is 5.97 Å². The molecule has 0 radical (unpaired) electrons. The van der Waals surface area contributed by atoms with Crippen LogP contribution in [0.25, 0.3) is 0 Å². The Hall–Kier alpha value is -4.75. The van der Waals surface area contributed by atoms with Crippen molar-refractivity contribution in [3.8, 4) is 5.75 Å². The molecule has 13 heteroatoms. The summed E-state index contributed by atoms with van der Waals surface area (Å²) < 4.78 is 32.5. The van der Waals surface area contributed by atoms with E-state index in [-0.39, 0.29) is 62.3 Å². The molecule has 0 saturated carbocycles. The highest BCUT2D eigenvalue weighted by Gasteiger charge is 2.37. The number of nitrogens with one attached hydrogen (secondary N) is 1. The topological polar surface area (TPSA) is 154 Å². The van der Waals surface area contributed by atoms with Crippen LogP contribution in [0, 0.1) is 0 Å². The second-order valence-electron chi connectivity index (χ2n) is 11.2.